The van der Waals surface area contributed by atoms with Crippen molar-refractivity contribution in [2.24, 2.45) is 22.2 Å². The van der Waals surface area contributed by atoms with Gasteiger partial charge in [0.05, 0.1) is 6.54 Å². The van der Waals surface area contributed by atoms with Gasteiger partial charge in [0.2, 0.25) is 29.5 Å². The predicted octanol–water partition coefficient (Wildman–Crippen LogP) is -2.87. The summed E-state index contributed by atoms with van der Waals surface area (Å²) in [4.78, 5) is 64.6. The summed E-state index contributed by atoms with van der Waals surface area (Å²) < 4.78 is 0. The summed E-state index contributed by atoms with van der Waals surface area (Å²) in [5.41, 5.74) is 16.8. The Labute approximate surface area is 202 Å². The third-order valence-electron chi connectivity index (χ3n) is 5.27. The summed E-state index contributed by atoms with van der Waals surface area (Å²) in [6.45, 7) is -0.194. The molecule has 0 saturated carbocycles. The summed E-state index contributed by atoms with van der Waals surface area (Å²) in [6.07, 6.45) is 1.32. The number of guanidine groups is 1. The van der Waals surface area contributed by atoms with E-state index in [2.05, 4.69) is 26.3 Å². The first kappa shape index (κ1) is 27.1. The van der Waals surface area contributed by atoms with Crippen molar-refractivity contribution in [2.75, 3.05) is 13.1 Å². The fourth-order valence-electron chi connectivity index (χ4n) is 3.46. The molecule has 1 fully saturated rings. The molecule has 1 heterocycles. The summed E-state index contributed by atoms with van der Waals surface area (Å²) >= 11 is 0. The number of nitrogens with zero attached hydrogens (tertiary/aromatic N) is 1. The van der Waals surface area contributed by atoms with E-state index in [-0.39, 0.29) is 37.7 Å². The number of carbonyl (C=O) groups is 5. The van der Waals surface area contributed by atoms with Gasteiger partial charge in [-0.15, -0.1) is 0 Å². The molecule has 0 unspecified atom stereocenters. The van der Waals surface area contributed by atoms with Crippen molar-refractivity contribution in [3.8, 4) is 0 Å². The Hall–Kier alpha value is -4.16. The molecule has 1 aliphatic heterocycles. The Morgan fingerprint density at radius 3 is 2.37 bits per heavy atom. The van der Waals surface area contributed by atoms with Gasteiger partial charge in [0.1, 0.15) is 18.1 Å². The second-order valence-corrected chi connectivity index (χ2v) is 8.10. The van der Waals surface area contributed by atoms with E-state index in [4.69, 9.17) is 17.2 Å². The number of hydrogen-bond donors (Lipinski definition) is 7. The van der Waals surface area contributed by atoms with Crippen molar-refractivity contribution in [1.29, 1.82) is 0 Å². The van der Waals surface area contributed by atoms with Crippen LogP contribution in [0.5, 0.6) is 0 Å². The quantitative estimate of drug-likeness (QED) is 0.0872. The van der Waals surface area contributed by atoms with E-state index in [9.17, 15) is 24.0 Å². The van der Waals surface area contributed by atoms with Gasteiger partial charge in [-0.05, 0) is 24.8 Å². The largest absolute Gasteiger partial charge is 0.370 e. The molecule has 3 atom stereocenters. The number of aliphatic imine (C=N–C) groups is 1. The highest BCUT2D eigenvalue weighted by Crippen LogP contribution is 2.08. The van der Waals surface area contributed by atoms with E-state index < -0.39 is 48.3 Å². The van der Waals surface area contributed by atoms with Crippen LogP contribution in [0.2, 0.25) is 0 Å². The standard InChI is InChI=1S/C22H32N8O5/c23-19(33)16(11-13-5-2-1-3-6-13)29-18(32)12-27-20(34)14(7-4-10-26-22(24)25)30-21(35)15-8-9-17(31)28-15/h1-3,5-6,14-16H,4,7-12H2,(H2,23,33)(H,27,34)(H,28,31)(H,29,32)(H,30,35)(H4,24,25,26)/t14-,15-,16-/m0/s1. The minimum atomic E-state index is -0.988. The first-order chi connectivity index (χ1) is 16.7. The van der Waals surface area contributed by atoms with E-state index in [0.717, 1.165) is 5.56 Å². The number of nitrogens with two attached hydrogens (primary N) is 3. The maximum Gasteiger partial charge on any atom is 0.243 e. The first-order valence-corrected chi connectivity index (χ1v) is 11.2. The molecule has 190 valence electrons. The molecular formula is C22H32N8O5. The first-order valence-electron chi connectivity index (χ1n) is 11.2. The van der Waals surface area contributed by atoms with Gasteiger partial charge in [0, 0.05) is 19.4 Å². The Morgan fingerprint density at radius 1 is 1.06 bits per heavy atom. The zero-order valence-electron chi connectivity index (χ0n) is 19.3. The second kappa shape index (κ2) is 13.5. The number of nitrogens with one attached hydrogen (secondary N) is 4. The van der Waals surface area contributed by atoms with Crippen LogP contribution in [0.3, 0.4) is 0 Å². The van der Waals surface area contributed by atoms with Gasteiger partial charge in [0.15, 0.2) is 5.96 Å². The molecule has 10 N–H and O–H groups in total. The lowest BCUT2D eigenvalue weighted by Crippen LogP contribution is -2.54. The molecule has 2 rings (SSSR count). The molecule has 0 radical (unpaired) electrons. The van der Waals surface area contributed by atoms with Crippen molar-refractivity contribution in [2.45, 2.75) is 50.2 Å². The minimum Gasteiger partial charge on any atom is -0.370 e. The van der Waals surface area contributed by atoms with Crippen LogP contribution in [0.4, 0.5) is 0 Å². The van der Waals surface area contributed by atoms with Crippen LogP contribution in [0.15, 0.2) is 35.3 Å². The molecule has 1 aromatic rings. The molecular weight excluding hydrogens is 456 g/mol. The Bertz CT molecular complexity index is 948. The highest BCUT2D eigenvalue weighted by atomic mass is 16.2. The summed E-state index contributed by atoms with van der Waals surface area (Å²) in [6, 6.07) is 6.35. The topological polar surface area (TPSA) is 224 Å². The summed E-state index contributed by atoms with van der Waals surface area (Å²) in [5, 5.41) is 10.1. The maximum absolute atomic E-state index is 12.7. The van der Waals surface area contributed by atoms with Crippen molar-refractivity contribution >= 4 is 35.5 Å². The van der Waals surface area contributed by atoms with Crippen LogP contribution < -0.4 is 38.5 Å². The highest BCUT2D eigenvalue weighted by Gasteiger charge is 2.30. The molecule has 0 spiro atoms. The lowest BCUT2D eigenvalue weighted by Gasteiger charge is -2.21. The number of rotatable bonds is 13. The van der Waals surface area contributed by atoms with Gasteiger partial charge in [0.25, 0.3) is 0 Å². The van der Waals surface area contributed by atoms with Crippen LogP contribution in [0, 0.1) is 0 Å². The fraction of sp³-hybridized carbons (Fsp3) is 0.455. The molecule has 0 aliphatic carbocycles. The van der Waals surface area contributed by atoms with Gasteiger partial charge in [-0.1, -0.05) is 30.3 Å². The van der Waals surface area contributed by atoms with Crippen LogP contribution in [0.25, 0.3) is 0 Å². The molecule has 5 amide bonds. The second-order valence-electron chi connectivity index (χ2n) is 8.10. The molecule has 35 heavy (non-hydrogen) atoms. The Balaban J connectivity index is 1.92. The van der Waals surface area contributed by atoms with E-state index in [1.807, 2.05) is 6.07 Å². The molecule has 13 heteroatoms. The smallest absolute Gasteiger partial charge is 0.243 e. The third kappa shape index (κ3) is 9.70. The van der Waals surface area contributed by atoms with Gasteiger partial charge in [-0.25, -0.2) is 0 Å². The zero-order valence-corrected chi connectivity index (χ0v) is 19.3. The lowest BCUT2D eigenvalue weighted by atomic mass is 10.1. The van der Waals surface area contributed by atoms with Gasteiger partial charge in [-0.2, -0.15) is 0 Å². The molecule has 13 nitrogen and oxygen atoms in total. The highest BCUT2D eigenvalue weighted by molar-refractivity contribution is 5.95. The van der Waals surface area contributed by atoms with Gasteiger partial charge >= 0.3 is 0 Å². The number of amides is 5. The molecule has 1 aromatic carbocycles. The van der Waals surface area contributed by atoms with Crippen LogP contribution in [0.1, 0.15) is 31.2 Å². The average molecular weight is 489 g/mol. The average Bonchev–Trinajstić information content (AvgIpc) is 3.25. The SMILES string of the molecule is NC(=O)[C@H](Cc1ccccc1)NC(=O)CNC(=O)[C@H](CCCN=C(N)N)NC(=O)[C@@H]1CCC(=O)N1. The van der Waals surface area contributed by atoms with Gasteiger partial charge < -0.3 is 38.5 Å². The Morgan fingerprint density at radius 2 is 1.77 bits per heavy atom. The van der Waals surface area contributed by atoms with Crippen LogP contribution in [-0.4, -0.2) is 66.7 Å². The van der Waals surface area contributed by atoms with Crippen LogP contribution in [-0.2, 0) is 30.4 Å². The summed E-state index contributed by atoms with van der Waals surface area (Å²) in [7, 11) is 0. The predicted molar refractivity (Wildman–Crippen MR) is 127 cm³/mol. The third-order valence-corrected chi connectivity index (χ3v) is 5.27. The summed E-state index contributed by atoms with van der Waals surface area (Å²) in [5.74, 6) is -2.78. The molecule has 0 bridgehead atoms. The molecule has 1 aliphatic rings. The maximum atomic E-state index is 12.7. The minimum absolute atomic E-state index is 0.0973. The normalized spacial score (nSPS) is 16.3. The van der Waals surface area contributed by atoms with Crippen LogP contribution >= 0.6 is 0 Å². The number of primary amides is 1. The van der Waals surface area contributed by atoms with Gasteiger partial charge in [-0.3, -0.25) is 29.0 Å². The number of carbonyl (C=O) groups excluding carboxylic acids is 5. The number of benzene rings is 1. The van der Waals surface area contributed by atoms with E-state index >= 15 is 0 Å². The van der Waals surface area contributed by atoms with Crippen molar-refractivity contribution in [1.82, 2.24) is 21.3 Å². The van der Waals surface area contributed by atoms with E-state index in [1.54, 1.807) is 24.3 Å². The van der Waals surface area contributed by atoms with Crippen molar-refractivity contribution < 1.29 is 24.0 Å². The molecule has 1 saturated heterocycles. The van der Waals surface area contributed by atoms with Crippen molar-refractivity contribution in [3.05, 3.63) is 35.9 Å². The fourth-order valence-corrected chi connectivity index (χ4v) is 3.46. The number of hydrogen-bond acceptors (Lipinski definition) is 6. The van der Waals surface area contributed by atoms with E-state index in [1.165, 1.54) is 0 Å². The zero-order chi connectivity index (χ0) is 25.8. The molecule has 0 aromatic heterocycles. The Kier molecular flexibility index (Phi) is 10.5. The van der Waals surface area contributed by atoms with Crippen molar-refractivity contribution in [3.63, 3.8) is 0 Å². The lowest BCUT2D eigenvalue weighted by molar-refractivity contribution is -0.132. The monoisotopic (exact) mass is 488 g/mol. The van der Waals surface area contributed by atoms with E-state index in [0.29, 0.717) is 12.8 Å².